The largest absolute Gasteiger partial charge is 0.442 e. The van der Waals surface area contributed by atoms with Gasteiger partial charge < -0.3 is 14.6 Å². The summed E-state index contributed by atoms with van der Waals surface area (Å²) in [5.41, 5.74) is 4.17. The molecule has 4 atom stereocenters. The zero-order valence-electron chi connectivity index (χ0n) is 35.3. The van der Waals surface area contributed by atoms with Crippen LogP contribution in [0.2, 0.25) is 0 Å². The summed E-state index contributed by atoms with van der Waals surface area (Å²) in [5.74, 6) is 0.229. The number of rotatable bonds is 18. The van der Waals surface area contributed by atoms with Crippen molar-refractivity contribution < 1.29 is 19.4 Å². The molecular weight excluding hydrogens is 719 g/mol. The maximum Gasteiger partial charge on any atom is 0.413 e. The highest BCUT2D eigenvalue weighted by Crippen LogP contribution is 2.37. The van der Waals surface area contributed by atoms with Crippen LogP contribution in [-0.2, 0) is 42.1 Å². The van der Waals surface area contributed by atoms with E-state index in [0.717, 1.165) is 27.8 Å². The molecule has 1 saturated heterocycles. The molecule has 1 amide bonds. The summed E-state index contributed by atoms with van der Waals surface area (Å²) in [7, 11) is 0. The van der Waals surface area contributed by atoms with Gasteiger partial charge in [0.05, 0.1) is 18.2 Å². The van der Waals surface area contributed by atoms with Gasteiger partial charge in [-0.1, -0.05) is 166 Å². The lowest BCUT2D eigenvalue weighted by Gasteiger charge is -2.45. The number of hydrogen-bond donors (Lipinski definition) is 1. The number of carbonyl (C=O) groups excluding carboxylic acids is 1. The molecule has 0 spiro atoms. The summed E-state index contributed by atoms with van der Waals surface area (Å²) in [6.07, 6.45) is -1.26. The van der Waals surface area contributed by atoms with Gasteiger partial charge in [-0.2, -0.15) is 0 Å². The van der Waals surface area contributed by atoms with E-state index in [0.29, 0.717) is 45.6 Å². The van der Waals surface area contributed by atoms with Gasteiger partial charge in [-0.3, -0.25) is 14.7 Å². The molecule has 6 rings (SSSR count). The van der Waals surface area contributed by atoms with Crippen molar-refractivity contribution in [2.24, 2.45) is 5.92 Å². The van der Waals surface area contributed by atoms with Gasteiger partial charge in [0.1, 0.15) is 17.9 Å². The van der Waals surface area contributed by atoms with Crippen molar-refractivity contribution in [3.8, 4) is 0 Å². The van der Waals surface area contributed by atoms with Gasteiger partial charge in [0, 0.05) is 32.2 Å². The Morgan fingerprint density at radius 3 is 1.33 bits per heavy atom. The van der Waals surface area contributed by atoms with Gasteiger partial charge >= 0.3 is 6.09 Å². The highest BCUT2D eigenvalue weighted by molar-refractivity contribution is 5.70. The van der Waals surface area contributed by atoms with Gasteiger partial charge in [-0.25, -0.2) is 4.79 Å². The number of hydrogen-bond acceptors (Lipinski definition) is 6. The molecule has 1 fully saturated rings. The Morgan fingerprint density at radius 2 is 0.983 bits per heavy atom. The van der Waals surface area contributed by atoms with Crippen LogP contribution in [0.15, 0.2) is 152 Å². The normalized spacial score (nSPS) is 17.0. The molecule has 1 aliphatic rings. The average molecular weight is 782 g/mol. The first-order chi connectivity index (χ1) is 27.9. The highest BCUT2D eigenvalue weighted by Gasteiger charge is 2.52. The van der Waals surface area contributed by atoms with Crippen LogP contribution >= 0.6 is 0 Å². The highest BCUT2D eigenvalue weighted by atomic mass is 16.6. The Balaban J connectivity index is 1.51. The van der Waals surface area contributed by atoms with Crippen molar-refractivity contribution >= 4 is 6.09 Å². The maximum atomic E-state index is 14.9. The van der Waals surface area contributed by atoms with Crippen LogP contribution in [0.25, 0.3) is 0 Å². The zero-order chi connectivity index (χ0) is 41.1. The number of aliphatic hydroxyl groups excluding tert-OH is 1. The number of nitrogens with zero attached hydrogens (tertiary/aromatic N) is 3. The second-order valence-electron chi connectivity index (χ2n) is 17.4. The Hall–Kier alpha value is -4.79. The summed E-state index contributed by atoms with van der Waals surface area (Å²) < 4.78 is 13.1. The molecule has 0 aromatic heterocycles. The van der Waals surface area contributed by atoms with E-state index in [1.165, 1.54) is 0 Å². The summed E-state index contributed by atoms with van der Waals surface area (Å²) in [6, 6.07) is 51.4. The molecule has 1 N–H and O–H groups in total. The third-order valence-electron chi connectivity index (χ3n) is 11.3. The molecule has 0 radical (unpaired) electrons. The van der Waals surface area contributed by atoms with Gasteiger partial charge in [-0.05, 0) is 74.3 Å². The van der Waals surface area contributed by atoms with Gasteiger partial charge in [-0.15, -0.1) is 0 Å². The van der Waals surface area contributed by atoms with Gasteiger partial charge in [0.25, 0.3) is 0 Å². The van der Waals surface area contributed by atoms with E-state index < -0.39 is 35.6 Å². The van der Waals surface area contributed by atoms with Crippen LogP contribution in [-0.4, -0.2) is 68.1 Å². The second kappa shape index (κ2) is 19.8. The van der Waals surface area contributed by atoms with E-state index in [2.05, 4.69) is 145 Å². The first kappa shape index (κ1) is 42.8. The lowest BCUT2D eigenvalue weighted by molar-refractivity contribution is -0.112. The predicted octanol–water partition coefficient (Wildman–Crippen LogP) is 10.1. The third kappa shape index (κ3) is 11.4. The molecule has 7 heteroatoms. The van der Waals surface area contributed by atoms with Crippen molar-refractivity contribution in [3.05, 3.63) is 179 Å². The number of amides is 1. The molecule has 306 valence electrons. The van der Waals surface area contributed by atoms with Crippen LogP contribution < -0.4 is 0 Å². The molecule has 0 saturated carbocycles. The Bertz CT molecular complexity index is 1860. The third-order valence-corrected chi connectivity index (χ3v) is 11.3. The lowest BCUT2D eigenvalue weighted by atomic mass is 9.87. The fourth-order valence-corrected chi connectivity index (χ4v) is 8.59. The smallest absolute Gasteiger partial charge is 0.413 e. The van der Waals surface area contributed by atoms with Crippen molar-refractivity contribution in [3.63, 3.8) is 0 Å². The molecular formula is C51H63N3O4. The van der Waals surface area contributed by atoms with Gasteiger partial charge in [0.15, 0.2) is 0 Å². The van der Waals surface area contributed by atoms with Crippen molar-refractivity contribution in [1.29, 1.82) is 0 Å². The fraction of sp³-hybridized carbons (Fsp3) is 0.392. The van der Waals surface area contributed by atoms with E-state index in [9.17, 15) is 9.90 Å². The summed E-state index contributed by atoms with van der Waals surface area (Å²) in [6.45, 7) is 15.1. The summed E-state index contributed by atoms with van der Waals surface area (Å²) in [5, 5.41) is 13.5. The average Bonchev–Trinajstić information content (AvgIpc) is 3.45. The fourth-order valence-electron chi connectivity index (χ4n) is 8.59. The lowest BCUT2D eigenvalue weighted by Crippen LogP contribution is -2.60. The Morgan fingerprint density at radius 1 is 0.621 bits per heavy atom. The minimum absolute atomic E-state index is 0.229. The van der Waals surface area contributed by atoms with Crippen LogP contribution in [0.4, 0.5) is 4.79 Å². The number of ether oxygens (including phenoxy) is 2. The Labute approximate surface area is 347 Å². The zero-order valence-corrected chi connectivity index (χ0v) is 35.3. The summed E-state index contributed by atoms with van der Waals surface area (Å²) >= 11 is 0. The predicted molar refractivity (Wildman–Crippen MR) is 234 cm³/mol. The van der Waals surface area contributed by atoms with E-state index in [4.69, 9.17) is 9.47 Å². The first-order valence-corrected chi connectivity index (χ1v) is 20.9. The molecule has 5 aromatic rings. The topological polar surface area (TPSA) is 65.5 Å². The van der Waals surface area contributed by atoms with Crippen LogP contribution in [0.5, 0.6) is 0 Å². The molecule has 0 aliphatic carbocycles. The number of aliphatic hydroxyl groups is 1. The van der Waals surface area contributed by atoms with Crippen LogP contribution in [0.3, 0.4) is 0 Å². The minimum Gasteiger partial charge on any atom is -0.442 e. The second-order valence-corrected chi connectivity index (χ2v) is 17.4. The molecule has 1 aliphatic heterocycles. The van der Waals surface area contributed by atoms with Crippen LogP contribution in [0, 0.1) is 5.92 Å². The minimum atomic E-state index is -1.09. The molecule has 0 bridgehead atoms. The molecule has 1 heterocycles. The molecule has 7 nitrogen and oxygen atoms in total. The first-order valence-electron chi connectivity index (χ1n) is 20.9. The van der Waals surface area contributed by atoms with E-state index in [1.54, 1.807) is 4.90 Å². The molecule has 0 unspecified atom stereocenters. The maximum absolute atomic E-state index is 14.9. The Kier molecular flexibility index (Phi) is 14.6. The monoisotopic (exact) mass is 781 g/mol. The van der Waals surface area contributed by atoms with Crippen molar-refractivity contribution in [2.45, 2.75) is 116 Å². The molecule has 58 heavy (non-hydrogen) atoms. The summed E-state index contributed by atoms with van der Waals surface area (Å²) in [4.78, 5) is 21.5. The van der Waals surface area contributed by atoms with Crippen molar-refractivity contribution in [2.75, 3.05) is 6.61 Å². The SMILES string of the molecule is CC(C)C[C@@H]([C@@H](OC(=O)N1C(C)(C)COC1(C)C)[C@@H](O)[C@H](Cc1ccccc1)N(Cc1ccccc1)Cc1ccccc1)N(Cc1ccccc1)Cc1ccccc1. The van der Waals surface area contributed by atoms with Crippen molar-refractivity contribution in [1.82, 2.24) is 14.7 Å². The molecule has 5 aromatic carbocycles. The van der Waals surface area contributed by atoms with E-state index in [-0.39, 0.29) is 12.0 Å². The quantitative estimate of drug-likeness (QED) is 0.0955. The number of benzene rings is 5. The number of carbonyl (C=O) groups is 1. The van der Waals surface area contributed by atoms with E-state index >= 15 is 0 Å². The van der Waals surface area contributed by atoms with Crippen LogP contribution in [0.1, 0.15) is 75.8 Å². The van der Waals surface area contributed by atoms with Gasteiger partial charge in [0.2, 0.25) is 0 Å². The standard InChI is InChI=1S/C51H63N3O4/c1-39(2)32-46(53(36-43-28-18-10-19-29-43)37-44-30-20-11-21-31-44)48(58-49(56)54-50(3,4)38-57-51(54,5)6)47(55)45(33-40-22-12-7-13-23-40)52(34-41-24-14-8-15-25-41)35-42-26-16-9-17-27-42/h7-31,39,45-48,55H,32-38H2,1-6H3/t45-,46-,47-,48+/m0/s1. The van der Waals surface area contributed by atoms with E-state index in [1.807, 2.05) is 58.0 Å².